The van der Waals surface area contributed by atoms with E-state index in [0.717, 1.165) is 43.7 Å². The fourth-order valence-electron chi connectivity index (χ4n) is 5.47. The standard InChI is InChI=1S/C17H28ClNO/c1-2-3-5-19(6-4-18)16(20)17-10-13-7-14(11-17)9-15(8-13)12-17/h13-15H,2-12H2,1H3. The topological polar surface area (TPSA) is 20.3 Å². The van der Waals surface area contributed by atoms with Gasteiger partial charge in [-0.05, 0) is 62.7 Å². The monoisotopic (exact) mass is 297 g/mol. The first-order valence-corrected chi connectivity index (χ1v) is 9.05. The molecule has 4 fully saturated rings. The van der Waals surface area contributed by atoms with Gasteiger partial charge in [-0.15, -0.1) is 11.6 Å². The molecule has 0 aromatic carbocycles. The number of amides is 1. The van der Waals surface area contributed by atoms with Gasteiger partial charge in [0.05, 0.1) is 5.41 Å². The summed E-state index contributed by atoms with van der Waals surface area (Å²) in [7, 11) is 0. The Balaban J connectivity index is 1.74. The Morgan fingerprint density at radius 2 is 1.65 bits per heavy atom. The van der Waals surface area contributed by atoms with Crippen LogP contribution in [0.2, 0.25) is 0 Å². The quantitative estimate of drug-likeness (QED) is 0.677. The van der Waals surface area contributed by atoms with E-state index < -0.39 is 0 Å². The molecule has 4 saturated carbocycles. The molecule has 0 spiro atoms. The molecule has 0 heterocycles. The van der Waals surface area contributed by atoms with E-state index in [-0.39, 0.29) is 5.41 Å². The highest BCUT2D eigenvalue weighted by Crippen LogP contribution is 2.60. The van der Waals surface area contributed by atoms with Crippen molar-refractivity contribution >= 4 is 17.5 Å². The number of unbranched alkanes of at least 4 members (excludes halogenated alkanes) is 1. The first-order valence-electron chi connectivity index (χ1n) is 8.52. The van der Waals surface area contributed by atoms with Gasteiger partial charge in [0.15, 0.2) is 0 Å². The second kappa shape index (κ2) is 5.87. The summed E-state index contributed by atoms with van der Waals surface area (Å²) in [6.45, 7) is 3.83. The zero-order valence-corrected chi connectivity index (χ0v) is 13.5. The highest BCUT2D eigenvalue weighted by molar-refractivity contribution is 6.18. The highest BCUT2D eigenvalue weighted by atomic mass is 35.5. The molecule has 0 aromatic heterocycles. The number of hydrogen-bond donors (Lipinski definition) is 0. The summed E-state index contributed by atoms with van der Waals surface area (Å²) in [6.07, 6.45) is 9.96. The zero-order chi connectivity index (χ0) is 14.2. The second-order valence-electron chi connectivity index (χ2n) is 7.53. The van der Waals surface area contributed by atoms with E-state index >= 15 is 0 Å². The van der Waals surface area contributed by atoms with Gasteiger partial charge in [-0.1, -0.05) is 13.3 Å². The number of halogens is 1. The SMILES string of the molecule is CCCCN(CCCl)C(=O)C12CC3CC(CC(C3)C1)C2. The van der Waals surface area contributed by atoms with Crippen LogP contribution in [0.25, 0.3) is 0 Å². The Hall–Kier alpha value is -0.240. The van der Waals surface area contributed by atoms with Gasteiger partial charge in [-0.2, -0.15) is 0 Å². The fraction of sp³-hybridized carbons (Fsp3) is 0.941. The molecular weight excluding hydrogens is 270 g/mol. The number of nitrogens with zero attached hydrogens (tertiary/aromatic N) is 1. The van der Waals surface area contributed by atoms with Gasteiger partial charge >= 0.3 is 0 Å². The Labute approximate surface area is 128 Å². The molecule has 114 valence electrons. The van der Waals surface area contributed by atoms with Gasteiger partial charge < -0.3 is 4.90 Å². The summed E-state index contributed by atoms with van der Waals surface area (Å²) in [5.74, 6) is 3.55. The van der Waals surface area contributed by atoms with Gasteiger partial charge in [-0.25, -0.2) is 0 Å². The van der Waals surface area contributed by atoms with Gasteiger partial charge in [0.2, 0.25) is 5.91 Å². The third-order valence-electron chi connectivity index (χ3n) is 5.92. The number of rotatable bonds is 6. The third kappa shape index (κ3) is 2.61. The van der Waals surface area contributed by atoms with Crippen molar-refractivity contribution < 1.29 is 4.79 Å². The molecule has 0 atom stereocenters. The Morgan fingerprint density at radius 1 is 1.10 bits per heavy atom. The number of hydrogen-bond acceptors (Lipinski definition) is 1. The molecule has 4 bridgehead atoms. The van der Waals surface area contributed by atoms with Gasteiger partial charge in [0, 0.05) is 19.0 Å². The molecule has 0 saturated heterocycles. The van der Waals surface area contributed by atoms with Gasteiger partial charge in [-0.3, -0.25) is 4.79 Å². The minimum Gasteiger partial charge on any atom is -0.341 e. The van der Waals surface area contributed by atoms with Crippen LogP contribution in [0.4, 0.5) is 0 Å². The summed E-state index contributed by atoms with van der Waals surface area (Å²) < 4.78 is 0. The molecule has 20 heavy (non-hydrogen) atoms. The van der Waals surface area contributed by atoms with Crippen molar-refractivity contribution in [1.82, 2.24) is 4.90 Å². The molecule has 0 radical (unpaired) electrons. The summed E-state index contributed by atoms with van der Waals surface area (Å²) in [5.41, 5.74) is 0.00848. The lowest BCUT2D eigenvalue weighted by Crippen LogP contribution is -2.55. The number of carbonyl (C=O) groups excluding carboxylic acids is 1. The van der Waals surface area contributed by atoms with E-state index in [2.05, 4.69) is 11.8 Å². The lowest BCUT2D eigenvalue weighted by Gasteiger charge is -2.56. The van der Waals surface area contributed by atoms with E-state index in [0.29, 0.717) is 11.8 Å². The van der Waals surface area contributed by atoms with Crippen molar-refractivity contribution in [2.24, 2.45) is 23.2 Å². The van der Waals surface area contributed by atoms with E-state index in [4.69, 9.17) is 11.6 Å². The van der Waals surface area contributed by atoms with Crippen LogP contribution in [0.3, 0.4) is 0 Å². The minimum atomic E-state index is 0.00848. The predicted molar refractivity (Wildman–Crippen MR) is 82.8 cm³/mol. The average Bonchev–Trinajstić information content (AvgIpc) is 2.41. The average molecular weight is 298 g/mol. The predicted octanol–water partition coefficient (Wildman–Crippen LogP) is 4.07. The molecular formula is C17H28ClNO. The van der Waals surface area contributed by atoms with Crippen molar-refractivity contribution in [2.45, 2.75) is 58.3 Å². The Kier molecular flexibility index (Phi) is 4.31. The molecule has 2 nitrogen and oxygen atoms in total. The van der Waals surface area contributed by atoms with Crippen LogP contribution in [0.15, 0.2) is 0 Å². The normalized spacial score (nSPS) is 38.2. The van der Waals surface area contributed by atoms with Crippen LogP contribution in [0.1, 0.15) is 58.3 Å². The second-order valence-corrected chi connectivity index (χ2v) is 7.91. The summed E-state index contributed by atoms with van der Waals surface area (Å²) >= 11 is 5.93. The van der Waals surface area contributed by atoms with Gasteiger partial charge in [0.1, 0.15) is 0 Å². The lowest BCUT2D eigenvalue weighted by molar-refractivity contribution is -0.157. The molecule has 0 aromatic rings. The van der Waals surface area contributed by atoms with Crippen molar-refractivity contribution in [1.29, 1.82) is 0 Å². The van der Waals surface area contributed by atoms with E-state index in [9.17, 15) is 4.79 Å². The van der Waals surface area contributed by atoms with Crippen LogP contribution in [-0.4, -0.2) is 29.8 Å². The molecule has 0 N–H and O–H groups in total. The van der Waals surface area contributed by atoms with Crippen LogP contribution >= 0.6 is 11.6 Å². The smallest absolute Gasteiger partial charge is 0.228 e. The van der Waals surface area contributed by atoms with Crippen molar-refractivity contribution in [3.05, 3.63) is 0 Å². The van der Waals surface area contributed by atoms with Crippen LogP contribution in [0.5, 0.6) is 0 Å². The number of alkyl halides is 1. The lowest BCUT2D eigenvalue weighted by atomic mass is 9.49. The molecule has 3 heteroatoms. The number of carbonyl (C=O) groups is 1. The first kappa shape index (κ1) is 14.7. The van der Waals surface area contributed by atoms with Crippen LogP contribution in [0, 0.1) is 23.2 Å². The molecule has 0 unspecified atom stereocenters. The maximum Gasteiger partial charge on any atom is 0.228 e. The third-order valence-corrected chi connectivity index (χ3v) is 6.08. The molecule has 1 amide bonds. The highest BCUT2D eigenvalue weighted by Gasteiger charge is 2.55. The van der Waals surface area contributed by atoms with Gasteiger partial charge in [0.25, 0.3) is 0 Å². The molecule has 4 rings (SSSR count). The minimum absolute atomic E-state index is 0.00848. The largest absolute Gasteiger partial charge is 0.341 e. The molecule has 0 aliphatic heterocycles. The van der Waals surface area contributed by atoms with Crippen LogP contribution in [-0.2, 0) is 4.79 Å². The summed E-state index contributed by atoms with van der Waals surface area (Å²) in [6, 6.07) is 0. The van der Waals surface area contributed by atoms with Crippen molar-refractivity contribution in [2.75, 3.05) is 19.0 Å². The van der Waals surface area contributed by atoms with E-state index in [1.54, 1.807) is 0 Å². The van der Waals surface area contributed by atoms with Crippen LogP contribution < -0.4 is 0 Å². The van der Waals surface area contributed by atoms with E-state index in [1.807, 2.05) is 0 Å². The maximum atomic E-state index is 13.2. The van der Waals surface area contributed by atoms with Crippen molar-refractivity contribution in [3.8, 4) is 0 Å². The van der Waals surface area contributed by atoms with E-state index in [1.165, 1.54) is 38.5 Å². The van der Waals surface area contributed by atoms with Crippen molar-refractivity contribution in [3.63, 3.8) is 0 Å². The molecule has 4 aliphatic rings. The summed E-state index contributed by atoms with van der Waals surface area (Å²) in [4.78, 5) is 15.2. The Morgan fingerprint density at radius 3 is 2.10 bits per heavy atom. The Bertz CT molecular complexity index is 333. The zero-order valence-electron chi connectivity index (χ0n) is 12.7. The maximum absolute atomic E-state index is 13.2. The molecule has 4 aliphatic carbocycles. The first-order chi connectivity index (χ1) is 9.66. The summed E-state index contributed by atoms with van der Waals surface area (Å²) in [5, 5.41) is 0. The fourth-order valence-corrected chi connectivity index (χ4v) is 5.68.